The van der Waals surface area contributed by atoms with Crippen molar-refractivity contribution >= 4 is 18.0 Å². The summed E-state index contributed by atoms with van der Waals surface area (Å²) in [6, 6.07) is 14.7. The van der Waals surface area contributed by atoms with E-state index in [-0.39, 0.29) is 24.5 Å². The molecular weight excluding hydrogens is 408 g/mol. The smallest absolute Gasteiger partial charge is 0.434 e. The molecule has 7 heteroatoms. The van der Waals surface area contributed by atoms with Gasteiger partial charge in [0.15, 0.2) is 0 Å². The highest BCUT2D eigenvalue weighted by atomic mass is 16.7. The summed E-state index contributed by atoms with van der Waals surface area (Å²) in [7, 11) is 0. The summed E-state index contributed by atoms with van der Waals surface area (Å²) in [4.78, 5) is 38.2. The van der Waals surface area contributed by atoms with Gasteiger partial charge in [-0.3, -0.25) is 9.59 Å². The van der Waals surface area contributed by atoms with E-state index in [1.54, 1.807) is 36.1 Å². The van der Waals surface area contributed by atoms with Crippen molar-refractivity contribution in [1.82, 2.24) is 10.2 Å². The number of hydrogen-bond acceptors (Lipinski definition) is 5. The lowest BCUT2D eigenvalue weighted by atomic mass is 10.0. The first-order valence-electron chi connectivity index (χ1n) is 11.0. The number of carbonyl (C=O) groups excluding carboxylic acids is 3. The van der Waals surface area contributed by atoms with Crippen LogP contribution in [0.25, 0.3) is 0 Å². The summed E-state index contributed by atoms with van der Waals surface area (Å²) in [5, 5.41) is 3.10. The summed E-state index contributed by atoms with van der Waals surface area (Å²) >= 11 is 0. The van der Waals surface area contributed by atoms with Crippen LogP contribution in [0.3, 0.4) is 0 Å². The van der Waals surface area contributed by atoms with Gasteiger partial charge >= 0.3 is 6.16 Å². The fourth-order valence-corrected chi connectivity index (χ4v) is 3.63. The third-order valence-electron chi connectivity index (χ3n) is 5.47. The molecule has 2 amide bonds. The second-order valence-electron chi connectivity index (χ2n) is 7.93. The molecule has 0 aliphatic carbocycles. The molecule has 0 atom stereocenters. The minimum absolute atomic E-state index is 0.0486. The van der Waals surface area contributed by atoms with Crippen molar-refractivity contribution < 1.29 is 23.9 Å². The number of nitrogens with one attached hydrogen (secondary N) is 1. The van der Waals surface area contributed by atoms with Gasteiger partial charge in [-0.2, -0.15) is 0 Å². The largest absolute Gasteiger partial charge is 0.513 e. The third kappa shape index (κ3) is 6.83. The van der Waals surface area contributed by atoms with Gasteiger partial charge in [0.2, 0.25) is 5.91 Å². The molecule has 7 nitrogen and oxygen atoms in total. The molecule has 0 bridgehead atoms. The Morgan fingerprint density at radius 1 is 1.00 bits per heavy atom. The molecule has 1 saturated heterocycles. The van der Waals surface area contributed by atoms with E-state index in [1.165, 1.54) is 5.56 Å². The van der Waals surface area contributed by atoms with Crippen LogP contribution in [0.4, 0.5) is 4.79 Å². The van der Waals surface area contributed by atoms with E-state index in [9.17, 15) is 14.4 Å². The Labute approximate surface area is 188 Å². The lowest BCUT2D eigenvalue weighted by Crippen LogP contribution is -2.46. The lowest BCUT2D eigenvalue weighted by Gasteiger charge is -2.32. The summed E-state index contributed by atoms with van der Waals surface area (Å²) < 4.78 is 9.74. The van der Waals surface area contributed by atoms with E-state index in [0.717, 1.165) is 24.8 Å². The molecule has 3 rings (SSSR count). The monoisotopic (exact) mass is 438 g/mol. The molecule has 0 unspecified atom stereocenters. The molecule has 0 spiro atoms. The number of aryl methyl sites for hydroxylation is 2. The first-order chi connectivity index (χ1) is 15.4. The van der Waals surface area contributed by atoms with Gasteiger partial charge in [0.25, 0.3) is 5.91 Å². The molecule has 1 fully saturated rings. The van der Waals surface area contributed by atoms with Crippen molar-refractivity contribution in [3.63, 3.8) is 0 Å². The Hall–Kier alpha value is -3.35. The molecule has 170 valence electrons. The number of ether oxygens (including phenoxy) is 2. The maximum Gasteiger partial charge on any atom is 0.513 e. The van der Waals surface area contributed by atoms with Crippen LogP contribution in [0.2, 0.25) is 0 Å². The average Bonchev–Trinajstić information content (AvgIpc) is 2.79. The molecule has 1 aliphatic heterocycles. The van der Waals surface area contributed by atoms with Gasteiger partial charge in [-0.25, -0.2) is 4.79 Å². The van der Waals surface area contributed by atoms with Gasteiger partial charge in [-0.15, -0.1) is 0 Å². The van der Waals surface area contributed by atoms with Crippen LogP contribution in [-0.4, -0.2) is 48.6 Å². The summed E-state index contributed by atoms with van der Waals surface area (Å²) in [6.45, 7) is 5.15. The number of carbonyl (C=O) groups is 3. The maximum absolute atomic E-state index is 12.8. The molecule has 1 aliphatic rings. The van der Waals surface area contributed by atoms with E-state index in [1.807, 2.05) is 6.92 Å². The van der Waals surface area contributed by atoms with Crippen molar-refractivity contribution in [3.8, 4) is 5.75 Å². The number of nitrogens with zero attached hydrogens (tertiary/aromatic N) is 1. The van der Waals surface area contributed by atoms with E-state index in [4.69, 9.17) is 9.47 Å². The highest BCUT2D eigenvalue weighted by Gasteiger charge is 2.24. The molecule has 32 heavy (non-hydrogen) atoms. The highest BCUT2D eigenvalue weighted by molar-refractivity contribution is 5.94. The Kier molecular flexibility index (Phi) is 8.25. The van der Waals surface area contributed by atoms with Crippen LogP contribution in [0.15, 0.2) is 48.5 Å². The predicted octanol–water partition coefficient (Wildman–Crippen LogP) is 3.88. The number of amides is 2. The zero-order valence-corrected chi connectivity index (χ0v) is 18.6. The second kappa shape index (κ2) is 11.3. The fourth-order valence-electron chi connectivity index (χ4n) is 3.63. The quantitative estimate of drug-likeness (QED) is 0.524. The average molecular weight is 439 g/mol. The lowest BCUT2D eigenvalue weighted by molar-refractivity contribution is -0.122. The highest BCUT2D eigenvalue weighted by Crippen LogP contribution is 2.18. The number of rotatable bonds is 7. The van der Waals surface area contributed by atoms with Crippen LogP contribution in [0.5, 0.6) is 5.75 Å². The topological polar surface area (TPSA) is 84.9 Å². The maximum atomic E-state index is 12.8. The molecule has 1 heterocycles. The van der Waals surface area contributed by atoms with Crippen molar-refractivity contribution in [2.24, 2.45) is 0 Å². The minimum Gasteiger partial charge on any atom is -0.434 e. The Morgan fingerprint density at radius 2 is 1.66 bits per heavy atom. The van der Waals surface area contributed by atoms with Crippen LogP contribution in [-0.2, 0) is 16.0 Å². The van der Waals surface area contributed by atoms with E-state index >= 15 is 0 Å². The zero-order chi connectivity index (χ0) is 22.9. The van der Waals surface area contributed by atoms with Gasteiger partial charge in [0.1, 0.15) is 5.75 Å². The number of piperidine rings is 1. The first kappa shape index (κ1) is 23.3. The molecule has 0 saturated carbocycles. The summed E-state index contributed by atoms with van der Waals surface area (Å²) in [5.41, 5.74) is 2.90. The Balaban J connectivity index is 1.41. The normalized spacial score (nSPS) is 14.0. The SMILES string of the molecule is CCOC(=O)Oc1ccc(C(=O)N2CCC(NC(=O)CCc3ccc(C)cc3)CC2)cc1. The van der Waals surface area contributed by atoms with Crippen LogP contribution in [0, 0.1) is 6.92 Å². The predicted molar refractivity (Wildman–Crippen MR) is 121 cm³/mol. The molecule has 0 aromatic heterocycles. The number of hydrogen-bond donors (Lipinski definition) is 1. The number of benzene rings is 2. The van der Waals surface area contributed by atoms with Gasteiger partial charge in [0.05, 0.1) is 6.61 Å². The van der Waals surface area contributed by atoms with Crippen LogP contribution >= 0.6 is 0 Å². The van der Waals surface area contributed by atoms with E-state index in [0.29, 0.717) is 30.8 Å². The van der Waals surface area contributed by atoms with Crippen LogP contribution < -0.4 is 10.1 Å². The standard InChI is InChI=1S/C25H30N2O5/c1-3-31-25(30)32-22-11-9-20(10-12-22)24(29)27-16-14-21(15-17-27)26-23(28)13-8-19-6-4-18(2)5-7-19/h4-7,9-12,21H,3,8,13-17H2,1-2H3,(H,26,28). The van der Waals surface area contributed by atoms with Gasteiger partial charge in [-0.05, 0) is 62.9 Å². The van der Waals surface area contributed by atoms with Crippen molar-refractivity contribution in [2.75, 3.05) is 19.7 Å². The molecule has 2 aromatic carbocycles. The summed E-state index contributed by atoms with van der Waals surface area (Å²) in [6.07, 6.45) is 1.87. The molecule has 0 radical (unpaired) electrons. The van der Waals surface area contributed by atoms with E-state index in [2.05, 4.69) is 29.6 Å². The fraction of sp³-hybridized carbons (Fsp3) is 0.400. The summed E-state index contributed by atoms with van der Waals surface area (Å²) in [5.74, 6) is 0.302. The van der Waals surface area contributed by atoms with Crippen molar-refractivity contribution in [2.45, 2.75) is 45.6 Å². The molecule has 2 aromatic rings. The molecule has 1 N–H and O–H groups in total. The third-order valence-corrected chi connectivity index (χ3v) is 5.47. The van der Waals surface area contributed by atoms with Gasteiger partial charge in [0, 0.05) is 31.1 Å². The second-order valence-corrected chi connectivity index (χ2v) is 7.93. The first-order valence-corrected chi connectivity index (χ1v) is 11.0. The minimum atomic E-state index is -0.769. The number of likely N-dealkylation sites (tertiary alicyclic amines) is 1. The van der Waals surface area contributed by atoms with Crippen LogP contribution in [0.1, 0.15) is 47.7 Å². The van der Waals surface area contributed by atoms with Gasteiger partial charge in [-0.1, -0.05) is 29.8 Å². The Morgan fingerprint density at radius 3 is 2.28 bits per heavy atom. The zero-order valence-electron chi connectivity index (χ0n) is 18.6. The van der Waals surface area contributed by atoms with Gasteiger partial charge < -0.3 is 19.7 Å². The van der Waals surface area contributed by atoms with Crippen molar-refractivity contribution in [3.05, 3.63) is 65.2 Å². The van der Waals surface area contributed by atoms with Crippen molar-refractivity contribution in [1.29, 1.82) is 0 Å². The van der Waals surface area contributed by atoms with E-state index < -0.39 is 6.16 Å². The Bertz CT molecular complexity index is 916. The molecular formula is C25H30N2O5.